The van der Waals surface area contributed by atoms with Crippen molar-refractivity contribution in [2.24, 2.45) is 5.41 Å². The van der Waals surface area contributed by atoms with E-state index in [9.17, 15) is 9.18 Å². The molecule has 1 fully saturated rings. The van der Waals surface area contributed by atoms with Crippen LogP contribution >= 0.6 is 0 Å². The summed E-state index contributed by atoms with van der Waals surface area (Å²) in [6.45, 7) is 0. The number of nitrogens with one attached hydrogen (secondary N) is 1. The van der Waals surface area contributed by atoms with E-state index in [1.165, 1.54) is 24.3 Å². The lowest BCUT2D eigenvalue weighted by atomic mass is 10.1. The van der Waals surface area contributed by atoms with E-state index in [1.54, 1.807) is 0 Å². The SMILES string of the molecule is O=C(Nc1ccc(F)cc1)C1(C(O)=[OH+])CC1. The first-order valence-electron chi connectivity index (χ1n) is 4.87. The number of carbonyl (C=O) groups excluding carboxylic acids is 1. The average molecular weight is 224 g/mol. The van der Waals surface area contributed by atoms with Gasteiger partial charge in [-0.25, -0.2) is 4.39 Å². The molecule has 3 N–H and O–H groups in total. The van der Waals surface area contributed by atoms with Gasteiger partial charge in [-0.15, -0.1) is 0 Å². The van der Waals surface area contributed by atoms with Gasteiger partial charge in [-0.3, -0.25) is 4.79 Å². The lowest BCUT2D eigenvalue weighted by molar-refractivity contribution is -0.119. The van der Waals surface area contributed by atoms with E-state index in [4.69, 9.17) is 9.90 Å². The summed E-state index contributed by atoms with van der Waals surface area (Å²) in [6.07, 6.45) is 0.838. The third-order valence-corrected chi connectivity index (χ3v) is 2.71. The number of carbonyl (C=O) groups is 1. The Balaban J connectivity index is 2.08. The first kappa shape index (κ1) is 10.6. The minimum absolute atomic E-state index is 0.393. The monoisotopic (exact) mass is 224 g/mol. The summed E-state index contributed by atoms with van der Waals surface area (Å²) >= 11 is 0. The summed E-state index contributed by atoms with van der Waals surface area (Å²) in [6, 6.07) is 5.27. The highest BCUT2D eigenvalue weighted by atomic mass is 19.1. The van der Waals surface area contributed by atoms with Crippen molar-refractivity contribution in [1.82, 2.24) is 0 Å². The van der Waals surface area contributed by atoms with E-state index in [2.05, 4.69) is 5.32 Å². The number of carboxylic acids is 1. The zero-order valence-corrected chi connectivity index (χ0v) is 8.40. The molecule has 0 saturated heterocycles. The van der Waals surface area contributed by atoms with Crippen LogP contribution in [0.3, 0.4) is 0 Å². The lowest BCUT2D eigenvalue weighted by Gasteiger charge is -2.07. The van der Waals surface area contributed by atoms with Crippen LogP contribution in [0.4, 0.5) is 10.1 Å². The molecule has 5 heteroatoms. The highest BCUT2D eigenvalue weighted by Crippen LogP contribution is 2.46. The number of rotatable bonds is 3. The van der Waals surface area contributed by atoms with Crippen LogP contribution in [0.25, 0.3) is 0 Å². The van der Waals surface area contributed by atoms with Crippen LogP contribution < -0.4 is 5.32 Å². The number of carboxylic acid groups (broad SMARTS) is 1. The number of hydrogen-bond donors (Lipinski definition) is 2. The van der Waals surface area contributed by atoms with E-state index in [-0.39, 0.29) is 0 Å². The highest BCUT2D eigenvalue weighted by molar-refractivity contribution is 6.11. The van der Waals surface area contributed by atoms with Gasteiger partial charge >= 0.3 is 5.97 Å². The van der Waals surface area contributed by atoms with Crippen LogP contribution in [0.15, 0.2) is 24.3 Å². The molecule has 0 aromatic heterocycles. The molecule has 1 aromatic carbocycles. The van der Waals surface area contributed by atoms with E-state index in [1.807, 2.05) is 0 Å². The van der Waals surface area contributed by atoms with Crippen molar-refractivity contribution in [3.63, 3.8) is 0 Å². The number of amides is 1. The molecule has 16 heavy (non-hydrogen) atoms. The molecule has 2 rings (SSSR count). The van der Waals surface area contributed by atoms with Crippen LogP contribution in [0.5, 0.6) is 0 Å². The molecule has 0 heterocycles. The number of hydrogen-bond acceptors (Lipinski definition) is 1. The molecule has 0 aliphatic heterocycles. The van der Waals surface area contributed by atoms with Gasteiger partial charge in [0.15, 0.2) is 0 Å². The van der Waals surface area contributed by atoms with Crippen LogP contribution in [-0.2, 0) is 4.79 Å². The second-order valence-electron chi connectivity index (χ2n) is 3.87. The second kappa shape index (κ2) is 3.59. The quantitative estimate of drug-likeness (QED) is 0.604. The Hall–Kier alpha value is -1.91. The number of benzene rings is 1. The molecule has 1 amide bonds. The van der Waals surface area contributed by atoms with Gasteiger partial charge in [-0.05, 0) is 37.1 Å². The first-order valence-corrected chi connectivity index (χ1v) is 4.87. The summed E-state index contributed by atoms with van der Waals surface area (Å²) in [4.78, 5) is 20.7. The molecule has 84 valence electrons. The van der Waals surface area contributed by atoms with Gasteiger partial charge in [0.05, 0.1) is 0 Å². The number of aliphatic carboxylic acids is 1. The lowest BCUT2D eigenvalue weighted by Crippen LogP contribution is -2.31. The molecule has 1 aromatic rings. The third-order valence-electron chi connectivity index (χ3n) is 2.71. The van der Waals surface area contributed by atoms with E-state index >= 15 is 0 Å². The van der Waals surface area contributed by atoms with Gasteiger partial charge in [-0.1, -0.05) is 0 Å². The molecular weight excluding hydrogens is 213 g/mol. The fraction of sp³-hybridized carbons (Fsp3) is 0.273. The minimum Gasteiger partial charge on any atom is -0.338 e. The van der Waals surface area contributed by atoms with Gasteiger partial charge in [0.1, 0.15) is 5.82 Å². The third kappa shape index (κ3) is 1.76. The van der Waals surface area contributed by atoms with E-state index < -0.39 is 23.1 Å². The average Bonchev–Trinajstić information content (AvgIpc) is 3.02. The summed E-state index contributed by atoms with van der Waals surface area (Å²) in [5.74, 6) is -1.72. The highest BCUT2D eigenvalue weighted by Gasteiger charge is 2.62. The standard InChI is InChI=1S/C11H10FNO3/c12-7-1-3-8(4-2-7)13-9(14)11(5-6-11)10(15)16/h1-4H,5-6H2,(H,13,14)(H,15,16)/p+1. The van der Waals surface area contributed by atoms with Crippen molar-refractivity contribution >= 4 is 17.6 Å². The maximum atomic E-state index is 12.6. The Labute approximate surface area is 91.1 Å². The zero-order valence-electron chi connectivity index (χ0n) is 8.40. The normalized spacial score (nSPS) is 16.6. The van der Waals surface area contributed by atoms with Crippen LogP contribution in [-0.4, -0.2) is 21.8 Å². The van der Waals surface area contributed by atoms with Crippen LogP contribution in [0.2, 0.25) is 0 Å². The molecule has 1 aliphatic rings. The van der Waals surface area contributed by atoms with Crippen molar-refractivity contribution in [2.75, 3.05) is 5.32 Å². The van der Waals surface area contributed by atoms with Crippen LogP contribution in [0.1, 0.15) is 12.8 Å². The van der Waals surface area contributed by atoms with Crippen LogP contribution in [0, 0.1) is 11.2 Å². The molecular formula is C11H11FNO3+. The topological polar surface area (TPSA) is 70.7 Å². The molecule has 0 spiro atoms. The van der Waals surface area contributed by atoms with Gasteiger partial charge < -0.3 is 15.2 Å². The van der Waals surface area contributed by atoms with Crippen molar-refractivity contribution in [3.8, 4) is 0 Å². The number of aliphatic hydroxyl groups excluding tert-OH is 1. The van der Waals surface area contributed by atoms with Gasteiger partial charge in [0.2, 0.25) is 11.3 Å². The molecule has 0 unspecified atom stereocenters. The molecule has 1 aliphatic carbocycles. The second-order valence-corrected chi connectivity index (χ2v) is 3.87. The Kier molecular flexibility index (Phi) is 2.38. The Morgan fingerprint density at radius 2 is 1.94 bits per heavy atom. The van der Waals surface area contributed by atoms with Gasteiger partial charge in [-0.2, -0.15) is 0 Å². The molecule has 0 radical (unpaired) electrons. The Morgan fingerprint density at radius 1 is 1.38 bits per heavy atom. The minimum atomic E-state index is -1.16. The van der Waals surface area contributed by atoms with E-state index in [0.29, 0.717) is 18.5 Å². The summed E-state index contributed by atoms with van der Waals surface area (Å²) in [7, 11) is 0. The maximum absolute atomic E-state index is 12.6. The molecule has 4 nitrogen and oxygen atoms in total. The van der Waals surface area contributed by atoms with Crippen molar-refractivity contribution < 1.29 is 19.1 Å². The Bertz CT molecular complexity index is 437. The number of halogens is 1. The Morgan fingerprint density at radius 3 is 2.38 bits per heavy atom. The van der Waals surface area contributed by atoms with Crippen molar-refractivity contribution in [1.29, 1.82) is 0 Å². The summed E-state index contributed by atoms with van der Waals surface area (Å²) in [5, 5.41) is 11.5. The molecule has 0 bridgehead atoms. The fourth-order valence-corrected chi connectivity index (χ4v) is 1.46. The zero-order chi connectivity index (χ0) is 11.8. The van der Waals surface area contributed by atoms with Crippen molar-refractivity contribution in [3.05, 3.63) is 30.1 Å². The van der Waals surface area contributed by atoms with Gasteiger partial charge in [0, 0.05) is 5.69 Å². The molecule has 1 saturated carbocycles. The maximum Gasteiger partial charge on any atom is 0.496 e. The van der Waals surface area contributed by atoms with Gasteiger partial charge in [0.25, 0.3) is 0 Å². The largest absolute Gasteiger partial charge is 0.496 e. The smallest absolute Gasteiger partial charge is 0.338 e. The summed E-state index contributed by atoms with van der Waals surface area (Å²) in [5.41, 5.74) is -0.729. The molecule has 0 atom stereocenters. The van der Waals surface area contributed by atoms with E-state index in [0.717, 1.165) is 0 Å². The predicted octanol–water partition coefficient (Wildman–Crippen LogP) is 1.60. The van der Waals surface area contributed by atoms with Crippen molar-refractivity contribution in [2.45, 2.75) is 12.8 Å². The first-order chi connectivity index (χ1) is 7.54. The predicted molar refractivity (Wildman–Crippen MR) is 56.3 cm³/mol. The summed E-state index contributed by atoms with van der Waals surface area (Å²) < 4.78 is 12.6. The fourth-order valence-electron chi connectivity index (χ4n) is 1.46. The number of anilines is 1.